The summed E-state index contributed by atoms with van der Waals surface area (Å²) in [7, 11) is 1.69. The predicted octanol–water partition coefficient (Wildman–Crippen LogP) is 1.92. The first-order valence-corrected chi connectivity index (χ1v) is 6.18. The maximum absolute atomic E-state index is 13.9. The second-order valence-corrected chi connectivity index (χ2v) is 4.78. The summed E-state index contributed by atoms with van der Waals surface area (Å²) < 4.78 is 15.9. The summed E-state index contributed by atoms with van der Waals surface area (Å²) in [6.45, 7) is 0. The maximum atomic E-state index is 13.9. The zero-order chi connectivity index (χ0) is 13.3. The lowest BCUT2D eigenvalue weighted by Crippen LogP contribution is -2.31. The van der Waals surface area contributed by atoms with Crippen molar-refractivity contribution in [3.05, 3.63) is 44.9 Å². The van der Waals surface area contributed by atoms with Gasteiger partial charge in [-0.2, -0.15) is 0 Å². The van der Waals surface area contributed by atoms with E-state index < -0.39 is 11.9 Å². The first-order valence-electron chi connectivity index (χ1n) is 5.01. The number of nitrogens with zero attached hydrogens (tertiary/aromatic N) is 3. The number of nitrogens with two attached hydrogens (primary N) is 1. The van der Waals surface area contributed by atoms with Crippen molar-refractivity contribution < 1.29 is 4.39 Å². The lowest BCUT2D eigenvalue weighted by Gasteiger charge is -2.18. The molecule has 0 saturated carbocycles. The maximum Gasteiger partial charge on any atom is 0.153 e. The monoisotopic (exact) mass is 333 g/mol. The minimum atomic E-state index is -0.645. The van der Waals surface area contributed by atoms with E-state index in [9.17, 15) is 4.39 Å². The van der Waals surface area contributed by atoms with E-state index in [1.807, 2.05) is 0 Å². The van der Waals surface area contributed by atoms with Crippen LogP contribution in [-0.4, -0.2) is 15.0 Å². The molecule has 0 aliphatic rings. The van der Waals surface area contributed by atoms with Crippen LogP contribution in [0.2, 0.25) is 5.02 Å². The van der Waals surface area contributed by atoms with E-state index in [0.29, 0.717) is 10.3 Å². The molecule has 1 aromatic carbocycles. The van der Waals surface area contributed by atoms with E-state index in [1.165, 1.54) is 16.8 Å². The number of hydrazine groups is 1. The molecular weight excluding hydrogens is 324 g/mol. The largest absolute Gasteiger partial charge is 0.271 e. The lowest BCUT2D eigenvalue weighted by atomic mass is 10.0. The Bertz CT molecular complexity index is 534. The van der Waals surface area contributed by atoms with E-state index in [0.717, 1.165) is 0 Å². The van der Waals surface area contributed by atoms with Gasteiger partial charge < -0.3 is 0 Å². The van der Waals surface area contributed by atoms with Gasteiger partial charge >= 0.3 is 0 Å². The van der Waals surface area contributed by atoms with E-state index in [-0.39, 0.29) is 10.6 Å². The van der Waals surface area contributed by atoms with Gasteiger partial charge in [-0.15, -0.1) is 5.10 Å². The number of aromatic nitrogens is 3. The standard InChI is InChI=1S/C10H10BrClFN5/c1-18-9(10(11)16-17-18)8(15-14)7-5(12)3-2-4-6(7)13/h2-4,8,15H,14H2,1H3. The van der Waals surface area contributed by atoms with E-state index in [4.69, 9.17) is 17.4 Å². The molecular formula is C10H10BrClFN5. The quantitative estimate of drug-likeness (QED) is 0.665. The van der Waals surface area contributed by atoms with Gasteiger partial charge in [-0.3, -0.25) is 5.84 Å². The molecule has 0 radical (unpaired) electrons. The summed E-state index contributed by atoms with van der Waals surface area (Å²) in [6, 6.07) is 3.81. The summed E-state index contributed by atoms with van der Waals surface area (Å²) >= 11 is 9.27. The Morgan fingerprint density at radius 2 is 2.28 bits per heavy atom. The molecule has 5 nitrogen and oxygen atoms in total. The van der Waals surface area contributed by atoms with Crippen LogP contribution in [-0.2, 0) is 7.05 Å². The first kappa shape index (κ1) is 13.4. The molecule has 0 fully saturated rings. The Morgan fingerprint density at radius 3 is 2.78 bits per heavy atom. The Balaban J connectivity index is 2.59. The van der Waals surface area contributed by atoms with Crippen molar-refractivity contribution in [3.8, 4) is 0 Å². The molecule has 1 aromatic heterocycles. The van der Waals surface area contributed by atoms with Gasteiger partial charge in [0.05, 0.1) is 11.7 Å². The minimum Gasteiger partial charge on any atom is -0.271 e. The number of hydrogen-bond donors (Lipinski definition) is 2. The van der Waals surface area contributed by atoms with Crippen LogP contribution in [0.4, 0.5) is 4.39 Å². The topological polar surface area (TPSA) is 68.8 Å². The van der Waals surface area contributed by atoms with Gasteiger partial charge in [-0.25, -0.2) is 14.5 Å². The fraction of sp³-hybridized carbons (Fsp3) is 0.200. The number of rotatable bonds is 3. The van der Waals surface area contributed by atoms with Crippen molar-refractivity contribution >= 4 is 27.5 Å². The summed E-state index contributed by atoms with van der Waals surface area (Å²) in [5, 5.41) is 7.95. The normalized spacial score (nSPS) is 12.7. The molecule has 0 saturated heterocycles. The second kappa shape index (κ2) is 5.31. The van der Waals surface area contributed by atoms with Crippen LogP contribution in [0.1, 0.15) is 17.3 Å². The molecule has 0 bridgehead atoms. The van der Waals surface area contributed by atoms with Crippen molar-refractivity contribution in [1.29, 1.82) is 0 Å². The van der Waals surface area contributed by atoms with Gasteiger partial charge in [0.25, 0.3) is 0 Å². The van der Waals surface area contributed by atoms with Crippen LogP contribution >= 0.6 is 27.5 Å². The molecule has 0 spiro atoms. The van der Waals surface area contributed by atoms with Crippen LogP contribution in [0.15, 0.2) is 22.8 Å². The highest BCUT2D eigenvalue weighted by Crippen LogP contribution is 2.32. The number of benzene rings is 1. The highest BCUT2D eigenvalue weighted by Gasteiger charge is 2.25. The zero-order valence-corrected chi connectivity index (χ0v) is 11.7. The summed E-state index contributed by atoms with van der Waals surface area (Å²) in [5.74, 6) is 5.06. The Kier molecular flexibility index (Phi) is 3.96. The van der Waals surface area contributed by atoms with Crippen LogP contribution in [0.3, 0.4) is 0 Å². The molecule has 2 rings (SSSR count). The Morgan fingerprint density at radius 1 is 1.56 bits per heavy atom. The SMILES string of the molecule is Cn1nnc(Br)c1C(NN)c1c(F)cccc1Cl. The fourth-order valence-electron chi connectivity index (χ4n) is 1.73. The van der Waals surface area contributed by atoms with Crippen LogP contribution in [0, 0.1) is 5.82 Å². The second-order valence-electron chi connectivity index (χ2n) is 3.62. The number of aryl methyl sites for hydroxylation is 1. The number of halogens is 3. The van der Waals surface area contributed by atoms with E-state index in [1.54, 1.807) is 13.1 Å². The van der Waals surface area contributed by atoms with Crippen LogP contribution < -0.4 is 11.3 Å². The van der Waals surface area contributed by atoms with Crippen LogP contribution in [0.25, 0.3) is 0 Å². The Hall–Kier alpha value is -1.02. The molecule has 3 N–H and O–H groups in total. The molecule has 18 heavy (non-hydrogen) atoms. The van der Waals surface area contributed by atoms with Crippen molar-refractivity contribution in [2.24, 2.45) is 12.9 Å². The molecule has 0 amide bonds. The minimum absolute atomic E-state index is 0.257. The average molecular weight is 335 g/mol. The van der Waals surface area contributed by atoms with Gasteiger partial charge in [0.1, 0.15) is 5.82 Å². The summed E-state index contributed by atoms with van der Waals surface area (Å²) in [4.78, 5) is 0. The highest BCUT2D eigenvalue weighted by molar-refractivity contribution is 9.10. The van der Waals surface area contributed by atoms with Crippen molar-refractivity contribution in [3.63, 3.8) is 0 Å². The van der Waals surface area contributed by atoms with Crippen LogP contribution in [0.5, 0.6) is 0 Å². The third-order valence-corrected chi connectivity index (χ3v) is 3.45. The van der Waals surface area contributed by atoms with E-state index in [2.05, 4.69) is 31.7 Å². The smallest absolute Gasteiger partial charge is 0.153 e. The molecule has 8 heteroatoms. The molecule has 2 aromatic rings. The van der Waals surface area contributed by atoms with Crippen molar-refractivity contribution in [1.82, 2.24) is 20.4 Å². The van der Waals surface area contributed by atoms with Gasteiger partial charge in [0, 0.05) is 17.6 Å². The van der Waals surface area contributed by atoms with Gasteiger partial charge in [-0.1, -0.05) is 22.9 Å². The Labute approximate surface area is 116 Å². The van der Waals surface area contributed by atoms with Crippen molar-refractivity contribution in [2.75, 3.05) is 0 Å². The number of nitrogens with one attached hydrogen (secondary N) is 1. The first-order chi connectivity index (χ1) is 8.56. The molecule has 96 valence electrons. The zero-order valence-electron chi connectivity index (χ0n) is 9.36. The average Bonchev–Trinajstić information content (AvgIpc) is 2.65. The van der Waals surface area contributed by atoms with E-state index >= 15 is 0 Å². The molecule has 1 unspecified atom stereocenters. The van der Waals surface area contributed by atoms with Gasteiger partial charge in [0.2, 0.25) is 0 Å². The predicted molar refractivity (Wildman–Crippen MR) is 69.3 cm³/mol. The molecule has 0 aliphatic heterocycles. The third-order valence-electron chi connectivity index (χ3n) is 2.56. The summed E-state index contributed by atoms with van der Waals surface area (Å²) in [6.07, 6.45) is 0. The summed E-state index contributed by atoms with van der Waals surface area (Å²) in [5.41, 5.74) is 3.37. The highest BCUT2D eigenvalue weighted by atomic mass is 79.9. The third kappa shape index (κ3) is 2.26. The fourth-order valence-corrected chi connectivity index (χ4v) is 2.56. The van der Waals surface area contributed by atoms with Gasteiger partial charge in [-0.05, 0) is 28.1 Å². The molecule has 0 aliphatic carbocycles. The lowest BCUT2D eigenvalue weighted by molar-refractivity contribution is 0.530. The van der Waals surface area contributed by atoms with Crippen molar-refractivity contribution in [2.45, 2.75) is 6.04 Å². The molecule has 1 atom stereocenters. The number of hydrogen-bond acceptors (Lipinski definition) is 4. The molecule has 1 heterocycles. The van der Waals surface area contributed by atoms with Gasteiger partial charge in [0.15, 0.2) is 4.60 Å².